The van der Waals surface area contributed by atoms with E-state index in [4.69, 9.17) is 11.6 Å². The van der Waals surface area contributed by atoms with E-state index >= 15 is 0 Å². The van der Waals surface area contributed by atoms with E-state index in [9.17, 15) is 4.39 Å². The summed E-state index contributed by atoms with van der Waals surface area (Å²) in [5.74, 6) is 0.703. The summed E-state index contributed by atoms with van der Waals surface area (Å²) in [6.07, 6.45) is 0. The lowest BCUT2D eigenvalue weighted by atomic mass is 10.2. The Hall–Kier alpha value is -1.92. The Morgan fingerprint density at radius 1 is 1.08 bits per heavy atom. The van der Waals surface area contributed by atoms with E-state index in [0.717, 1.165) is 42.2 Å². The Balaban J connectivity index is 1.59. The second-order valence-corrected chi connectivity index (χ2v) is 7.39. The lowest BCUT2D eigenvalue weighted by Crippen LogP contribution is -2.47. The number of piperazine rings is 1. The summed E-state index contributed by atoms with van der Waals surface area (Å²) >= 11 is 7.72. The van der Waals surface area contributed by atoms with Gasteiger partial charge >= 0.3 is 0 Å². The zero-order chi connectivity index (χ0) is 16.7. The highest BCUT2D eigenvalue weighted by Gasteiger charge is 2.22. The quantitative estimate of drug-likeness (QED) is 0.642. The van der Waals surface area contributed by atoms with Crippen LogP contribution in [0.2, 0.25) is 5.28 Å². The Labute approximate surface area is 148 Å². The summed E-state index contributed by atoms with van der Waals surface area (Å²) in [6, 6.07) is 9.02. The number of aromatic nitrogens is 2. The van der Waals surface area contributed by atoms with Crippen LogP contribution in [-0.4, -0.2) is 36.1 Å². The first-order chi connectivity index (χ1) is 11.6. The van der Waals surface area contributed by atoms with Crippen LogP contribution in [0.15, 0.2) is 30.3 Å². The average molecular weight is 363 g/mol. The van der Waals surface area contributed by atoms with Gasteiger partial charge in [0.15, 0.2) is 0 Å². The number of anilines is 2. The lowest BCUT2D eigenvalue weighted by molar-refractivity contribution is 0.596. The number of rotatable bonds is 2. The van der Waals surface area contributed by atoms with Crippen LogP contribution in [0.25, 0.3) is 10.2 Å². The molecular formula is C17H16ClFN4S. The van der Waals surface area contributed by atoms with Gasteiger partial charge in [-0.2, -0.15) is 4.98 Å². The molecule has 0 radical (unpaired) electrons. The second-order valence-electron chi connectivity index (χ2n) is 5.82. The molecule has 0 spiro atoms. The van der Waals surface area contributed by atoms with Crippen LogP contribution in [0.1, 0.15) is 4.88 Å². The van der Waals surface area contributed by atoms with Crippen molar-refractivity contribution >= 4 is 44.7 Å². The number of para-hydroxylation sites is 1. The molecule has 0 atom stereocenters. The molecule has 0 aliphatic carbocycles. The smallest absolute Gasteiger partial charge is 0.225 e. The zero-order valence-electron chi connectivity index (χ0n) is 13.2. The third kappa shape index (κ3) is 2.80. The van der Waals surface area contributed by atoms with Gasteiger partial charge in [-0.05, 0) is 36.7 Å². The number of benzene rings is 1. The first kappa shape index (κ1) is 15.6. The van der Waals surface area contributed by atoms with E-state index in [1.807, 2.05) is 12.1 Å². The molecule has 0 saturated carbocycles. The van der Waals surface area contributed by atoms with Gasteiger partial charge in [0.05, 0.1) is 11.1 Å². The summed E-state index contributed by atoms with van der Waals surface area (Å²) in [5, 5.41) is 1.32. The molecule has 1 aromatic carbocycles. The van der Waals surface area contributed by atoms with Gasteiger partial charge in [-0.3, -0.25) is 0 Å². The van der Waals surface area contributed by atoms with Gasteiger partial charge in [-0.25, -0.2) is 9.37 Å². The third-order valence-electron chi connectivity index (χ3n) is 4.24. The minimum absolute atomic E-state index is 0.174. The molecule has 0 unspecified atom stereocenters. The predicted octanol–water partition coefficient (Wildman–Crippen LogP) is 4.12. The van der Waals surface area contributed by atoms with Gasteiger partial charge in [-0.1, -0.05) is 12.1 Å². The fourth-order valence-corrected chi connectivity index (χ4v) is 4.20. The highest BCUT2D eigenvalue weighted by molar-refractivity contribution is 7.18. The van der Waals surface area contributed by atoms with Gasteiger partial charge < -0.3 is 9.80 Å². The number of aryl methyl sites for hydroxylation is 1. The molecule has 7 heteroatoms. The third-order valence-corrected chi connectivity index (χ3v) is 5.35. The molecule has 0 amide bonds. The van der Waals surface area contributed by atoms with E-state index in [0.29, 0.717) is 5.69 Å². The second kappa shape index (κ2) is 6.18. The molecule has 3 heterocycles. The number of hydrogen-bond donors (Lipinski definition) is 0. The summed E-state index contributed by atoms with van der Waals surface area (Å²) in [7, 11) is 0. The molecular weight excluding hydrogens is 347 g/mol. The molecule has 1 aliphatic heterocycles. The number of fused-ring (bicyclic) bond motifs is 1. The molecule has 24 heavy (non-hydrogen) atoms. The maximum Gasteiger partial charge on any atom is 0.225 e. The predicted molar refractivity (Wildman–Crippen MR) is 98.0 cm³/mol. The van der Waals surface area contributed by atoms with Crippen molar-refractivity contribution in [1.29, 1.82) is 0 Å². The van der Waals surface area contributed by atoms with Crippen LogP contribution in [0.4, 0.5) is 15.9 Å². The minimum atomic E-state index is -0.174. The number of nitrogens with zero attached hydrogens (tertiary/aromatic N) is 4. The zero-order valence-corrected chi connectivity index (χ0v) is 14.7. The molecule has 124 valence electrons. The van der Waals surface area contributed by atoms with Crippen molar-refractivity contribution in [3.8, 4) is 0 Å². The van der Waals surface area contributed by atoms with E-state index in [-0.39, 0.29) is 11.1 Å². The SMILES string of the molecule is Cc1cc2c(N3CCN(c4ccccc4F)CC3)nc(Cl)nc2s1. The highest BCUT2D eigenvalue weighted by Crippen LogP contribution is 2.32. The van der Waals surface area contributed by atoms with E-state index in [2.05, 4.69) is 32.8 Å². The Morgan fingerprint density at radius 3 is 2.54 bits per heavy atom. The fourth-order valence-electron chi connectivity index (χ4n) is 3.11. The summed E-state index contributed by atoms with van der Waals surface area (Å²) in [6.45, 7) is 5.08. The van der Waals surface area contributed by atoms with E-state index < -0.39 is 0 Å². The number of thiophene rings is 1. The highest BCUT2D eigenvalue weighted by atomic mass is 35.5. The van der Waals surface area contributed by atoms with Gasteiger partial charge in [-0.15, -0.1) is 11.3 Å². The molecule has 1 fully saturated rings. The van der Waals surface area contributed by atoms with Crippen molar-refractivity contribution < 1.29 is 4.39 Å². The van der Waals surface area contributed by atoms with Crippen molar-refractivity contribution in [2.75, 3.05) is 36.0 Å². The van der Waals surface area contributed by atoms with Crippen molar-refractivity contribution in [3.05, 3.63) is 46.3 Å². The minimum Gasteiger partial charge on any atom is -0.366 e. The first-order valence-electron chi connectivity index (χ1n) is 7.80. The summed E-state index contributed by atoms with van der Waals surface area (Å²) in [4.78, 5) is 15.1. The van der Waals surface area contributed by atoms with Crippen LogP contribution >= 0.6 is 22.9 Å². The number of hydrogen-bond acceptors (Lipinski definition) is 5. The largest absolute Gasteiger partial charge is 0.366 e. The average Bonchev–Trinajstić information content (AvgIpc) is 2.95. The van der Waals surface area contributed by atoms with Crippen LogP contribution in [0.5, 0.6) is 0 Å². The van der Waals surface area contributed by atoms with Gasteiger partial charge in [0.25, 0.3) is 0 Å². The normalized spacial score (nSPS) is 15.3. The van der Waals surface area contributed by atoms with Crippen LogP contribution < -0.4 is 9.80 Å². The topological polar surface area (TPSA) is 32.3 Å². The standard InChI is InChI=1S/C17H16ClFN4S/c1-11-10-12-15(20-17(18)21-16(12)24-11)23-8-6-22(7-9-23)14-5-3-2-4-13(14)19/h2-5,10H,6-9H2,1H3. The fraction of sp³-hybridized carbons (Fsp3) is 0.294. The van der Waals surface area contributed by atoms with E-state index in [1.165, 1.54) is 10.9 Å². The maximum absolute atomic E-state index is 14.0. The monoisotopic (exact) mass is 362 g/mol. The molecule has 3 aromatic rings. The van der Waals surface area contributed by atoms with Crippen molar-refractivity contribution in [2.24, 2.45) is 0 Å². The number of halogens is 2. The van der Waals surface area contributed by atoms with Crippen molar-refractivity contribution in [2.45, 2.75) is 6.92 Å². The van der Waals surface area contributed by atoms with E-state index in [1.54, 1.807) is 17.4 Å². The van der Waals surface area contributed by atoms with Crippen molar-refractivity contribution in [1.82, 2.24) is 9.97 Å². The summed E-state index contributed by atoms with van der Waals surface area (Å²) < 4.78 is 14.0. The van der Waals surface area contributed by atoms with Gasteiger partial charge in [0.2, 0.25) is 5.28 Å². The molecule has 1 saturated heterocycles. The molecule has 0 bridgehead atoms. The van der Waals surface area contributed by atoms with Crippen LogP contribution in [0.3, 0.4) is 0 Å². The molecule has 2 aromatic heterocycles. The Bertz CT molecular complexity index is 889. The lowest BCUT2D eigenvalue weighted by Gasteiger charge is -2.37. The van der Waals surface area contributed by atoms with Crippen LogP contribution in [-0.2, 0) is 0 Å². The molecule has 1 aliphatic rings. The Kier molecular flexibility index (Phi) is 4.02. The molecule has 0 N–H and O–H groups in total. The Morgan fingerprint density at radius 2 is 1.79 bits per heavy atom. The summed E-state index contributed by atoms with van der Waals surface area (Å²) in [5.41, 5.74) is 0.661. The van der Waals surface area contributed by atoms with Crippen molar-refractivity contribution in [3.63, 3.8) is 0 Å². The molecule has 4 rings (SSSR count). The van der Waals surface area contributed by atoms with Gasteiger partial charge in [0.1, 0.15) is 16.5 Å². The van der Waals surface area contributed by atoms with Gasteiger partial charge in [0, 0.05) is 31.1 Å². The molecule has 4 nitrogen and oxygen atoms in total. The maximum atomic E-state index is 14.0. The first-order valence-corrected chi connectivity index (χ1v) is 8.99. The van der Waals surface area contributed by atoms with Crippen LogP contribution in [0, 0.1) is 12.7 Å².